The Bertz CT molecular complexity index is 823. The highest BCUT2D eigenvalue weighted by molar-refractivity contribution is 7.17. The fourth-order valence-electron chi connectivity index (χ4n) is 3.38. The summed E-state index contributed by atoms with van der Waals surface area (Å²) in [4.78, 5) is 15.8. The molecule has 0 radical (unpaired) electrons. The lowest BCUT2D eigenvalue weighted by atomic mass is 10.0. The zero-order chi connectivity index (χ0) is 15.8. The van der Waals surface area contributed by atoms with Crippen molar-refractivity contribution in [3.05, 3.63) is 29.4 Å². The number of aryl methyl sites for hydroxylation is 2. The minimum Gasteiger partial charge on any atom is -0.350 e. The standard InChI is InChI=1S/C16H20N6S/c1-11-19-12(2)22(20-11)9-13-5-3-4-7-21(13)16-15-14(6-8-23-15)17-10-18-16/h6,8,10,13H,3-5,7,9H2,1-2H3. The Morgan fingerprint density at radius 1 is 1.26 bits per heavy atom. The molecule has 23 heavy (non-hydrogen) atoms. The van der Waals surface area contributed by atoms with Gasteiger partial charge in [-0.2, -0.15) is 5.10 Å². The van der Waals surface area contributed by atoms with Gasteiger partial charge in [-0.3, -0.25) is 0 Å². The molecule has 0 bridgehead atoms. The van der Waals surface area contributed by atoms with Crippen LogP contribution in [0.4, 0.5) is 5.82 Å². The smallest absolute Gasteiger partial charge is 0.150 e. The van der Waals surface area contributed by atoms with Crippen molar-refractivity contribution in [3.8, 4) is 0 Å². The van der Waals surface area contributed by atoms with E-state index in [1.165, 1.54) is 17.5 Å². The van der Waals surface area contributed by atoms with Crippen LogP contribution in [0.15, 0.2) is 17.8 Å². The van der Waals surface area contributed by atoms with Gasteiger partial charge in [0.15, 0.2) is 0 Å². The van der Waals surface area contributed by atoms with Gasteiger partial charge < -0.3 is 4.90 Å². The molecule has 1 fully saturated rings. The number of hydrogen-bond donors (Lipinski definition) is 0. The zero-order valence-corrected chi connectivity index (χ0v) is 14.3. The van der Waals surface area contributed by atoms with Gasteiger partial charge in [0.2, 0.25) is 0 Å². The van der Waals surface area contributed by atoms with Crippen molar-refractivity contribution in [3.63, 3.8) is 0 Å². The van der Waals surface area contributed by atoms with Crippen molar-refractivity contribution in [1.29, 1.82) is 0 Å². The molecule has 4 heterocycles. The van der Waals surface area contributed by atoms with E-state index in [1.807, 2.05) is 18.5 Å². The molecule has 0 amide bonds. The van der Waals surface area contributed by atoms with Crippen LogP contribution in [0.1, 0.15) is 30.9 Å². The predicted molar refractivity (Wildman–Crippen MR) is 91.9 cm³/mol. The highest BCUT2D eigenvalue weighted by Gasteiger charge is 2.26. The molecule has 7 heteroatoms. The molecule has 1 atom stereocenters. The highest BCUT2D eigenvalue weighted by Crippen LogP contribution is 2.32. The van der Waals surface area contributed by atoms with Crippen molar-refractivity contribution in [2.75, 3.05) is 11.4 Å². The maximum Gasteiger partial charge on any atom is 0.150 e. The van der Waals surface area contributed by atoms with Gasteiger partial charge in [0.25, 0.3) is 0 Å². The monoisotopic (exact) mass is 328 g/mol. The Morgan fingerprint density at radius 3 is 3.00 bits per heavy atom. The molecule has 0 aromatic carbocycles. The first kappa shape index (κ1) is 14.6. The maximum atomic E-state index is 4.60. The Hall–Kier alpha value is -2.02. The number of rotatable bonds is 3. The van der Waals surface area contributed by atoms with Gasteiger partial charge >= 0.3 is 0 Å². The van der Waals surface area contributed by atoms with Crippen molar-refractivity contribution in [1.82, 2.24) is 24.7 Å². The zero-order valence-electron chi connectivity index (χ0n) is 13.4. The predicted octanol–water partition coefficient (Wildman–Crippen LogP) is 2.96. The van der Waals surface area contributed by atoms with Gasteiger partial charge in [-0.05, 0) is 44.6 Å². The summed E-state index contributed by atoms with van der Waals surface area (Å²) >= 11 is 1.72. The number of fused-ring (bicyclic) bond motifs is 1. The molecule has 6 nitrogen and oxygen atoms in total. The van der Waals surface area contributed by atoms with Gasteiger partial charge in [-0.15, -0.1) is 11.3 Å². The average molecular weight is 328 g/mol. The number of thiophene rings is 1. The summed E-state index contributed by atoms with van der Waals surface area (Å²) in [5.41, 5.74) is 1.04. The first-order chi connectivity index (χ1) is 11.2. The van der Waals surface area contributed by atoms with Crippen LogP contribution in [0.25, 0.3) is 10.2 Å². The van der Waals surface area contributed by atoms with E-state index in [2.05, 4.69) is 36.4 Å². The molecule has 0 aliphatic carbocycles. The summed E-state index contributed by atoms with van der Waals surface area (Å²) in [7, 11) is 0. The number of nitrogens with zero attached hydrogens (tertiary/aromatic N) is 6. The summed E-state index contributed by atoms with van der Waals surface area (Å²) in [6.45, 7) is 5.88. The van der Waals surface area contributed by atoms with E-state index >= 15 is 0 Å². The molecule has 0 spiro atoms. The van der Waals surface area contributed by atoms with Crippen molar-refractivity contribution >= 4 is 27.4 Å². The van der Waals surface area contributed by atoms with E-state index in [4.69, 9.17) is 0 Å². The SMILES string of the molecule is Cc1nc(C)n(CC2CCCCN2c2ncnc3ccsc23)n1. The summed E-state index contributed by atoms with van der Waals surface area (Å²) in [5.74, 6) is 2.90. The van der Waals surface area contributed by atoms with Gasteiger partial charge in [0.1, 0.15) is 23.8 Å². The molecule has 1 aliphatic heterocycles. The number of hydrogen-bond acceptors (Lipinski definition) is 6. The second kappa shape index (κ2) is 5.88. The van der Waals surface area contributed by atoms with Crippen LogP contribution in [-0.4, -0.2) is 37.3 Å². The molecule has 0 saturated carbocycles. The van der Waals surface area contributed by atoms with E-state index in [-0.39, 0.29) is 0 Å². The quantitative estimate of drug-likeness (QED) is 0.740. The summed E-state index contributed by atoms with van der Waals surface area (Å²) < 4.78 is 3.22. The normalized spacial score (nSPS) is 18.7. The molecule has 3 aromatic rings. The molecular formula is C16H20N6S. The summed E-state index contributed by atoms with van der Waals surface area (Å²) in [6, 6.07) is 2.47. The first-order valence-electron chi connectivity index (χ1n) is 8.05. The van der Waals surface area contributed by atoms with Crippen LogP contribution in [-0.2, 0) is 6.54 Å². The van der Waals surface area contributed by atoms with Gasteiger partial charge in [-0.1, -0.05) is 0 Å². The minimum absolute atomic E-state index is 0.406. The lowest BCUT2D eigenvalue weighted by Gasteiger charge is -2.36. The fraction of sp³-hybridized carbons (Fsp3) is 0.500. The van der Waals surface area contributed by atoms with Crippen LogP contribution in [0.3, 0.4) is 0 Å². The van der Waals surface area contributed by atoms with Crippen LogP contribution in [0.5, 0.6) is 0 Å². The van der Waals surface area contributed by atoms with Crippen LogP contribution in [0.2, 0.25) is 0 Å². The van der Waals surface area contributed by atoms with Gasteiger partial charge in [-0.25, -0.2) is 19.6 Å². The third kappa shape index (κ3) is 2.69. The Morgan fingerprint density at radius 2 is 2.17 bits per heavy atom. The number of aromatic nitrogens is 5. The topological polar surface area (TPSA) is 59.7 Å². The Balaban J connectivity index is 1.68. The minimum atomic E-state index is 0.406. The average Bonchev–Trinajstić information content (AvgIpc) is 3.14. The van der Waals surface area contributed by atoms with Crippen LogP contribution < -0.4 is 4.90 Å². The molecule has 4 rings (SSSR count). The Labute approximate surface area is 139 Å². The number of piperidine rings is 1. The van der Waals surface area contributed by atoms with Gasteiger partial charge in [0.05, 0.1) is 22.8 Å². The molecule has 3 aromatic heterocycles. The fourth-order valence-corrected chi connectivity index (χ4v) is 4.23. The van der Waals surface area contributed by atoms with Crippen LogP contribution >= 0.6 is 11.3 Å². The van der Waals surface area contributed by atoms with Crippen LogP contribution in [0, 0.1) is 13.8 Å². The first-order valence-corrected chi connectivity index (χ1v) is 8.93. The number of anilines is 1. The van der Waals surface area contributed by atoms with Crippen molar-refractivity contribution < 1.29 is 0 Å². The van der Waals surface area contributed by atoms with E-state index in [0.717, 1.165) is 42.5 Å². The third-order valence-corrected chi connectivity index (χ3v) is 5.37. The third-order valence-electron chi connectivity index (χ3n) is 4.47. The van der Waals surface area contributed by atoms with E-state index in [9.17, 15) is 0 Å². The Kier molecular flexibility index (Phi) is 3.72. The second-order valence-corrected chi connectivity index (χ2v) is 6.98. The largest absolute Gasteiger partial charge is 0.350 e. The molecule has 1 aliphatic rings. The van der Waals surface area contributed by atoms with Gasteiger partial charge in [0, 0.05) is 6.54 Å². The summed E-state index contributed by atoms with van der Waals surface area (Å²) in [6.07, 6.45) is 5.31. The van der Waals surface area contributed by atoms with Crippen molar-refractivity contribution in [2.24, 2.45) is 0 Å². The molecular weight excluding hydrogens is 308 g/mol. The lowest BCUT2D eigenvalue weighted by Crippen LogP contribution is -2.43. The molecule has 1 unspecified atom stereocenters. The molecule has 1 saturated heterocycles. The molecule has 0 N–H and O–H groups in total. The maximum absolute atomic E-state index is 4.60. The highest BCUT2D eigenvalue weighted by atomic mass is 32.1. The molecule has 120 valence electrons. The lowest BCUT2D eigenvalue weighted by molar-refractivity contribution is 0.392. The van der Waals surface area contributed by atoms with Crippen molar-refractivity contribution in [2.45, 2.75) is 45.7 Å². The van der Waals surface area contributed by atoms with E-state index in [1.54, 1.807) is 17.7 Å². The van der Waals surface area contributed by atoms with E-state index < -0.39 is 0 Å². The summed E-state index contributed by atoms with van der Waals surface area (Å²) in [5, 5.41) is 6.62. The second-order valence-electron chi connectivity index (χ2n) is 6.06. The van der Waals surface area contributed by atoms with E-state index in [0.29, 0.717) is 6.04 Å².